The molecule has 0 spiro atoms. The maximum atomic E-state index is 12.5. The average molecular weight is 355 g/mol. The Morgan fingerprint density at radius 2 is 1.88 bits per heavy atom. The molecule has 1 heterocycles. The van der Waals surface area contributed by atoms with Gasteiger partial charge in [-0.05, 0) is 44.9 Å². The van der Waals surface area contributed by atoms with E-state index in [1.807, 2.05) is 6.07 Å². The van der Waals surface area contributed by atoms with Crippen LogP contribution in [0.3, 0.4) is 0 Å². The molecule has 5 nitrogen and oxygen atoms in total. The van der Waals surface area contributed by atoms with E-state index in [4.69, 9.17) is 4.52 Å². The molecular formula is C21H29N3O2. The summed E-state index contributed by atoms with van der Waals surface area (Å²) in [5.74, 6) is 0.432. The third kappa shape index (κ3) is 4.33. The van der Waals surface area contributed by atoms with Crippen molar-refractivity contribution in [2.24, 2.45) is 0 Å². The first kappa shape index (κ1) is 18.6. The predicted molar refractivity (Wildman–Crippen MR) is 102 cm³/mol. The van der Waals surface area contributed by atoms with E-state index in [-0.39, 0.29) is 5.91 Å². The smallest absolute Gasteiger partial charge is 0.257 e. The van der Waals surface area contributed by atoms with Gasteiger partial charge in [-0.15, -0.1) is 0 Å². The summed E-state index contributed by atoms with van der Waals surface area (Å²) in [6.45, 7) is 4.99. The van der Waals surface area contributed by atoms with Gasteiger partial charge in [-0.3, -0.25) is 9.69 Å². The maximum absolute atomic E-state index is 12.5. The molecule has 0 unspecified atom stereocenters. The lowest BCUT2D eigenvalue weighted by molar-refractivity contribution is 0.0948. The van der Waals surface area contributed by atoms with Gasteiger partial charge in [-0.25, -0.2) is 0 Å². The summed E-state index contributed by atoms with van der Waals surface area (Å²) < 4.78 is 5.09. The van der Waals surface area contributed by atoms with Crippen LogP contribution in [0.5, 0.6) is 0 Å². The lowest BCUT2D eigenvalue weighted by Gasteiger charge is -2.31. The van der Waals surface area contributed by atoms with Crippen LogP contribution in [-0.4, -0.2) is 29.1 Å². The van der Waals surface area contributed by atoms with Crippen LogP contribution in [0.1, 0.15) is 65.0 Å². The molecule has 0 saturated heterocycles. The molecule has 1 aromatic carbocycles. The quantitative estimate of drug-likeness (QED) is 0.851. The highest BCUT2D eigenvalue weighted by molar-refractivity contribution is 5.96. The van der Waals surface area contributed by atoms with Gasteiger partial charge in [0.25, 0.3) is 5.91 Å². The number of nitrogens with zero attached hydrogens (tertiary/aromatic N) is 2. The molecule has 1 aliphatic carbocycles. The van der Waals surface area contributed by atoms with Crippen molar-refractivity contribution in [2.75, 3.05) is 7.05 Å². The summed E-state index contributed by atoms with van der Waals surface area (Å²) >= 11 is 0. The molecule has 1 N–H and O–H groups in total. The van der Waals surface area contributed by atoms with Crippen molar-refractivity contribution in [1.82, 2.24) is 15.4 Å². The minimum absolute atomic E-state index is 0.128. The molecule has 0 aliphatic heterocycles. The van der Waals surface area contributed by atoms with Crippen molar-refractivity contribution in [3.05, 3.63) is 52.4 Å². The molecule has 1 amide bonds. The van der Waals surface area contributed by atoms with E-state index in [0.29, 0.717) is 29.6 Å². The zero-order valence-electron chi connectivity index (χ0n) is 16.0. The van der Waals surface area contributed by atoms with E-state index < -0.39 is 0 Å². The predicted octanol–water partition coefficient (Wildman–Crippen LogP) is 3.99. The van der Waals surface area contributed by atoms with Gasteiger partial charge in [0, 0.05) is 19.1 Å². The Morgan fingerprint density at radius 3 is 2.54 bits per heavy atom. The van der Waals surface area contributed by atoms with Gasteiger partial charge in [0.15, 0.2) is 0 Å². The summed E-state index contributed by atoms with van der Waals surface area (Å²) in [6, 6.07) is 9.04. The molecule has 3 rings (SSSR count). The Labute approximate surface area is 155 Å². The van der Waals surface area contributed by atoms with Crippen molar-refractivity contribution >= 4 is 5.91 Å². The fraction of sp³-hybridized carbons (Fsp3) is 0.524. The summed E-state index contributed by atoms with van der Waals surface area (Å²) in [7, 11) is 2.22. The topological polar surface area (TPSA) is 58.4 Å². The molecule has 26 heavy (non-hydrogen) atoms. The Kier molecular flexibility index (Phi) is 6.09. The molecule has 140 valence electrons. The number of amides is 1. The molecule has 2 aromatic rings. The minimum Gasteiger partial charge on any atom is -0.361 e. The fourth-order valence-corrected chi connectivity index (χ4v) is 3.87. The van der Waals surface area contributed by atoms with Gasteiger partial charge < -0.3 is 9.84 Å². The molecule has 0 atom stereocenters. The standard InChI is InChI=1S/C21H29N3O2/c1-15-20(16(2)26-23-15)21(25)22-13-17-9-7-8-10-18(17)14-24(3)19-11-5-4-6-12-19/h7-10,19H,4-6,11-14H2,1-3H3,(H,22,25). The molecule has 5 heteroatoms. The summed E-state index contributed by atoms with van der Waals surface area (Å²) in [5, 5.41) is 6.88. The van der Waals surface area contributed by atoms with Gasteiger partial charge >= 0.3 is 0 Å². The SMILES string of the molecule is Cc1noc(C)c1C(=O)NCc1ccccc1CN(C)C1CCCCC1. The molecular weight excluding hydrogens is 326 g/mol. The van der Waals surface area contributed by atoms with Crippen molar-refractivity contribution in [2.45, 2.75) is 65.1 Å². The van der Waals surface area contributed by atoms with Crippen LogP contribution < -0.4 is 5.32 Å². The third-order valence-electron chi connectivity index (χ3n) is 5.44. The Hall–Kier alpha value is -2.14. The number of hydrogen-bond donors (Lipinski definition) is 1. The van der Waals surface area contributed by atoms with Crippen molar-refractivity contribution < 1.29 is 9.32 Å². The molecule has 0 radical (unpaired) electrons. The largest absolute Gasteiger partial charge is 0.361 e. The Bertz CT molecular complexity index is 728. The van der Waals surface area contributed by atoms with Crippen LogP contribution in [0, 0.1) is 13.8 Å². The zero-order chi connectivity index (χ0) is 18.5. The van der Waals surface area contributed by atoms with E-state index in [9.17, 15) is 4.79 Å². The number of nitrogens with one attached hydrogen (secondary N) is 1. The third-order valence-corrected chi connectivity index (χ3v) is 5.44. The van der Waals surface area contributed by atoms with E-state index in [2.05, 4.69) is 40.6 Å². The monoisotopic (exact) mass is 355 g/mol. The number of benzene rings is 1. The molecule has 1 fully saturated rings. The second-order valence-corrected chi connectivity index (χ2v) is 7.36. The molecule has 1 aliphatic rings. The molecule has 1 aromatic heterocycles. The average Bonchev–Trinajstić information content (AvgIpc) is 3.00. The van der Waals surface area contributed by atoms with Gasteiger partial charge in [-0.2, -0.15) is 0 Å². The van der Waals surface area contributed by atoms with Crippen LogP contribution in [0.25, 0.3) is 0 Å². The van der Waals surface area contributed by atoms with Crippen molar-refractivity contribution in [1.29, 1.82) is 0 Å². The maximum Gasteiger partial charge on any atom is 0.257 e. The van der Waals surface area contributed by atoms with E-state index in [1.165, 1.54) is 37.7 Å². The van der Waals surface area contributed by atoms with Crippen LogP contribution in [0.2, 0.25) is 0 Å². The second kappa shape index (κ2) is 8.49. The number of rotatable bonds is 6. The first-order valence-corrected chi connectivity index (χ1v) is 9.54. The number of carbonyl (C=O) groups excluding carboxylic acids is 1. The van der Waals surface area contributed by atoms with Crippen LogP contribution in [0.15, 0.2) is 28.8 Å². The number of aryl methyl sites for hydroxylation is 2. The van der Waals surface area contributed by atoms with E-state index in [1.54, 1.807) is 13.8 Å². The normalized spacial score (nSPS) is 15.4. The lowest BCUT2D eigenvalue weighted by Crippen LogP contribution is -2.33. The summed E-state index contributed by atoms with van der Waals surface area (Å²) in [5.41, 5.74) is 3.61. The number of hydrogen-bond acceptors (Lipinski definition) is 4. The highest BCUT2D eigenvalue weighted by Crippen LogP contribution is 2.23. The van der Waals surface area contributed by atoms with Crippen LogP contribution >= 0.6 is 0 Å². The first-order valence-electron chi connectivity index (χ1n) is 9.54. The number of aromatic nitrogens is 1. The van der Waals surface area contributed by atoms with Gasteiger partial charge in [0.2, 0.25) is 0 Å². The van der Waals surface area contributed by atoms with Crippen molar-refractivity contribution in [3.63, 3.8) is 0 Å². The van der Waals surface area contributed by atoms with Crippen LogP contribution in [-0.2, 0) is 13.1 Å². The molecule has 0 bridgehead atoms. The van der Waals surface area contributed by atoms with Crippen molar-refractivity contribution in [3.8, 4) is 0 Å². The Balaban J connectivity index is 1.64. The second-order valence-electron chi connectivity index (χ2n) is 7.36. The van der Waals surface area contributed by atoms with E-state index >= 15 is 0 Å². The molecule has 1 saturated carbocycles. The zero-order valence-corrected chi connectivity index (χ0v) is 16.0. The van der Waals surface area contributed by atoms with Gasteiger partial charge in [0.1, 0.15) is 11.3 Å². The Morgan fingerprint density at radius 1 is 1.19 bits per heavy atom. The summed E-state index contributed by atoms with van der Waals surface area (Å²) in [4.78, 5) is 14.9. The fourth-order valence-electron chi connectivity index (χ4n) is 3.87. The number of carbonyl (C=O) groups is 1. The van der Waals surface area contributed by atoms with E-state index in [0.717, 1.165) is 12.1 Å². The lowest BCUT2D eigenvalue weighted by atomic mass is 9.94. The van der Waals surface area contributed by atoms with Gasteiger partial charge in [-0.1, -0.05) is 48.7 Å². The first-order chi connectivity index (χ1) is 12.6. The van der Waals surface area contributed by atoms with Gasteiger partial charge in [0.05, 0.1) is 5.69 Å². The highest BCUT2D eigenvalue weighted by Gasteiger charge is 2.20. The van der Waals surface area contributed by atoms with Crippen LogP contribution in [0.4, 0.5) is 0 Å². The minimum atomic E-state index is -0.128. The highest BCUT2D eigenvalue weighted by atomic mass is 16.5. The summed E-state index contributed by atoms with van der Waals surface area (Å²) in [6.07, 6.45) is 6.63.